The van der Waals surface area contributed by atoms with E-state index < -0.39 is 17.6 Å². The van der Waals surface area contributed by atoms with Gasteiger partial charge in [-0.2, -0.15) is 13.2 Å². The first-order valence-corrected chi connectivity index (χ1v) is 6.97. The molecule has 9 heteroatoms. The topological polar surface area (TPSA) is 67.2 Å². The normalized spacial score (nSPS) is 11.3. The highest BCUT2D eigenvalue weighted by Gasteiger charge is 2.31. The number of hydrogen-bond acceptors (Lipinski definition) is 4. The lowest BCUT2D eigenvalue weighted by atomic mass is 10.2. The number of nitrogens with one attached hydrogen (secondary N) is 2. The number of anilines is 2. The van der Waals surface area contributed by atoms with Crippen LogP contribution in [0.1, 0.15) is 17.7 Å². The van der Waals surface area contributed by atoms with Crippen LogP contribution in [0, 0.1) is 6.92 Å². The maximum absolute atomic E-state index is 12.6. The Kier molecular flexibility index (Phi) is 5.15. The van der Waals surface area contributed by atoms with Gasteiger partial charge in [-0.15, -0.1) is 0 Å². The van der Waals surface area contributed by atoms with Crippen LogP contribution in [0.5, 0.6) is 0 Å². The quantitative estimate of drug-likeness (QED) is 0.854. The number of amides is 1. The Labute approximate surface area is 134 Å². The second-order valence-corrected chi connectivity index (χ2v) is 5.15. The molecule has 0 spiro atoms. The molecule has 0 saturated heterocycles. The summed E-state index contributed by atoms with van der Waals surface area (Å²) in [6.45, 7) is 1.97. The van der Waals surface area contributed by atoms with Crippen molar-refractivity contribution in [1.82, 2.24) is 5.16 Å². The number of hydrogen-bond donors (Lipinski definition) is 2. The molecule has 0 saturated carbocycles. The molecule has 1 aromatic carbocycles. The van der Waals surface area contributed by atoms with Gasteiger partial charge in [-0.1, -0.05) is 16.8 Å². The van der Waals surface area contributed by atoms with Crippen LogP contribution in [-0.4, -0.2) is 17.6 Å². The molecule has 0 radical (unpaired) electrons. The summed E-state index contributed by atoms with van der Waals surface area (Å²) in [7, 11) is 0. The highest BCUT2D eigenvalue weighted by atomic mass is 35.5. The zero-order valence-corrected chi connectivity index (χ0v) is 12.8. The fraction of sp³-hybridized carbons (Fsp3) is 0.286. The Balaban J connectivity index is 1.92. The van der Waals surface area contributed by atoms with Crippen LogP contribution in [-0.2, 0) is 11.0 Å². The SMILES string of the molecule is Cc1cc(NCCC(=O)Nc2cc(C(F)(F)F)ccc2Cl)no1. The van der Waals surface area contributed by atoms with Crippen molar-refractivity contribution in [1.29, 1.82) is 0 Å². The molecular formula is C14H13ClF3N3O2. The third-order valence-corrected chi connectivity index (χ3v) is 3.18. The monoisotopic (exact) mass is 347 g/mol. The van der Waals surface area contributed by atoms with E-state index in [0.29, 0.717) is 11.6 Å². The molecule has 2 N–H and O–H groups in total. The van der Waals surface area contributed by atoms with E-state index in [1.54, 1.807) is 13.0 Å². The average Bonchev–Trinajstić information content (AvgIpc) is 2.85. The minimum absolute atomic E-state index is 0.0263. The van der Waals surface area contributed by atoms with Gasteiger partial charge < -0.3 is 15.2 Å². The van der Waals surface area contributed by atoms with Crippen molar-refractivity contribution in [3.05, 3.63) is 40.6 Å². The first-order valence-electron chi connectivity index (χ1n) is 6.59. The summed E-state index contributed by atoms with van der Waals surface area (Å²) >= 11 is 5.80. The van der Waals surface area contributed by atoms with Crippen LogP contribution in [0.3, 0.4) is 0 Å². The van der Waals surface area contributed by atoms with Crippen LogP contribution in [0.2, 0.25) is 5.02 Å². The van der Waals surface area contributed by atoms with Crippen molar-refractivity contribution in [2.24, 2.45) is 0 Å². The highest BCUT2D eigenvalue weighted by molar-refractivity contribution is 6.33. The molecule has 0 atom stereocenters. The molecule has 0 aliphatic heterocycles. The van der Waals surface area contributed by atoms with E-state index in [-0.39, 0.29) is 23.7 Å². The summed E-state index contributed by atoms with van der Waals surface area (Å²) in [5.41, 5.74) is -0.961. The Morgan fingerprint density at radius 3 is 2.70 bits per heavy atom. The van der Waals surface area contributed by atoms with Gasteiger partial charge in [-0.3, -0.25) is 4.79 Å². The average molecular weight is 348 g/mol. The maximum atomic E-state index is 12.6. The largest absolute Gasteiger partial charge is 0.416 e. The number of carbonyl (C=O) groups is 1. The van der Waals surface area contributed by atoms with Crippen LogP contribution >= 0.6 is 11.6 Å². The molecular weight excluding hydrogens is 335 g/mol. The standard InChI is InChI=1S/C14H13ClF3N3O2/c1-8-6-12(21-23-8)19-5-4-13(22)20-11-7-9(14(16,17)18)2-3-10(11)15/h2-3,6-7H,4-5H2,1H3,(H,19,21)(H,20,22). The molecule has 2 rings (SSSR count). The zero-order chi connectivity index (χ0) is 17.0. The third-order valence-electron chi connectivity index (χ3n) is 2.85. The van der Waals surface area contributed by atoms with Gasteiger partial charge in [-0.05, 0) is 25.1 Å². The zero-order valence-electron chi connectivity index (χ0n) is 12.0. The number of halogens is 4. The molecule has 5 nitrogen and oxygen atoms in total. The molecule has 0 aliphatic rings. The van der Waals surface area contributed by atoms with Crippen LogP contribution in [0.15, 0.2) is 28.8 Å². The molecule has 2 aromatic rings. The van der Waals surface area contributed by atoms with E-state index >= 15 is 0 Å². The molecule has 23 heavy (non-hydrogen) atoms. The lowest BCUT2D eigenvalue weighted by molar-refractivity contribution is -0.137. The molecule has 0 aliphatic carbocycles. The fourth-order valence-electron chi connectivity index (χ4n) is 1.76. The number of aromatic nitrogens is 1. The predicted octanol–water partition coefficient (Wildman–Crippen LogP) is 4.10. The fourth-order valence-corrected chi connectivity index (χ4v) is 1.93. The molecule has 1 amide bonds. The summed E-state index contributed by atoms with van der Waals surface area (Å²) in [6.07, 6.45) is -4.48. The van der Waals surface area contributed by atoms with Crippen molar-refractivity contribution in [2.45, 2.75) is 19.5 Å². The van der Waals surface area contributed by atoms with E-state index in [0.717, 1.165) is 18.2 Å². The van der Waals surface area contributed by atoms with E-state index in [1.807, 2.05) is 0 Å². The first-order chi connectivity index (χ1) is 10.8. The molecule has 1 aromatic heterocycles. The molecule has 124 valence electrons. The molecule has 0 bridgehead atoms. The summed E-state index contributed by atoms with van der Waals surface area (Å²) in [5.74, 6) is 0.624. The Morgan fingerprint density at radius 1 is 1.35 bits per heavy atom. The van der Waals surface area contributed by atoms with E-state index in [2.05, 4.69) is 15.8 Å². The van der Waals surface area contributed by atoms with Gasteiger partial charge in [0.05, 0.1) is 16.3 Å². The van der Waals surface area contributed by atoms with Crippen molar-refractivity contribution < 1.29 is 22.5 Å². The maximum Gasteiger partial charge on any atom is 0.416 e. The third kappa shape index (κ3) is 4.88. The number of carbonyl (C=O) groups excluding carboxylic acids is 1. The second-order valence-electron chi connectivity index (χ2n) is 4.74. The van der Waals surface area contributed by atoms with Crippen molar-refractivity contribution >= 4 is 29.0 Å². The molecule has 0 fully saturated rings. The van der Waals surface area contributed by atoms with E-state index in [9.17, 15) is 18.0 Å². The number of alkyl halides is 3. The van der Waals surface area contributed by atoms with E-state index in [4.69, 9.17) is 16.1 Å². The van der Waals surface area contributed by atoms with Gasteiger partial charge in [0.15, 0.2) is 5.82 Å². The Morgan fingerprint density at radius 2 is 2.09 bits per heavy atom. The van der Waals surface area contributed by atoms with Crippen LogP contribution < -0.4 is 10.6 Å². The van der Waals surface area contributed by atoms with Gasteiger partial charge in [0.2, 0.25) is 5.91 Å². The van der Waals surface area contributed by atoms with Crippen molar-refractivity contribution in [2.75, 3.05) is 17.2 Å². The van der Waals surface area contributed by atoms with Gasteiger partial charge in [0.25, 0.3) is 0 Å². The first kappa shape index (κ1) is 17.1. The summed E-state index contributed by atoms with van der Waals surface area (Å²) < 4.78 is 42.8. The minimum Gasteiger partial charge on any atom is -0.367 e. The lowest BCUT2D eigenvalue weighted by Gasteiger charge is -2.11. The summed E-state index contributed by atoms with van der Waals surface area (Å²) in [5, 5.41) is 8.93. The van der Waals surface area contributed by atoms with Gasteiger partial charge >= 0.3 is 6.18 Å². The van der Waals surface area contributed by atoms with Crippen molar-refractivity contribution in [3.63, 3.8) is 0 Å². The number of aryl methyl sites for hydroxylation is 1. The van der Waals surface area contributed by atoms with Gasteiger partial charge in [-0.25, -0.2) is 0 Å². The smallest absolute Gasteiger partial charge is 0.367 e. The lowest BCUT2D eigenvalue weighted by Crippen LogP contribution is -2.17. The number of benzene rings is 1. The summed E-state index contributed by atoms with van der Waals surface area (Å²) in [4.78, 5) is 11.8. The predicted molar refractivity (Wildman–Crippen MR) is 79.4 cm³/mol. The van der Waals surface area contributed by atoms with Gasteiger partial charge in [0.1, 0.15) is 5.76 Å². The highest BCUT2D eigenvalue weighted by Crippen LogP contribution is 2.33. The summed E-state index contributed by atoms with van der Waals surface area (Å²) in [6, 6.07) is 4.40. The van der Waals surface area contributed by atoms with E-state index in [1.165, 1.54) is 0 Å². The minimum atomic E-state index is -4.50. The molecule has 1 heterocycles. The number of rotatable bonds is 5. The molecule has 0 unspecified atom stereocenters. The van der Waals surface area contributed by atoms with Gasteiger partial charge in [0, 0.05) is 19.0 Å². The van der Waals surface area contributed by atoms with Crippen LogP contribution in [0.25, 0.3) is 0 Å². The Bertz CT molecular complexity index is 701. The van der Waals surface area contributed by atoms with Crippen LogP contribution in [0.4, 0.5) is 24.7 Å². The van der Waals surface area contributed by atoms with Crippen molar-refractivity contribution in [3.8, 4) is 0 Å². The number of nitrogens with zero attached hydrogens (tertiary/aromatic N) is 1. The Hall–Kier alpha value is -2.22. The second kappa shape index (κ2) is 6.91.